The number of aryl methyl sites for hydroxylation is 1. The number of piperidine rings is 1. The lowest BCUT2D eigenvalue weighted by atomic mass is 9.99. The van der Waals surface area contributed by atoms with Crippen LogP contribution in [0.1, 0.15) is 41.6 Å². The van der Waals surface area contributed by atoms with Crippen LogP contribution in [0.25, 0.3) is 16.9 Å². The van der Waals surface area contributed by atoms with Crippen molar-refractivity contribution in [2.45, 2.75) is 51.2 Å². The molecule has 9 nitrogen and oxygen atoms in total. The van der Waals surface area contributed by atoms with Gasteiger partial charge in [-0.25, -0.2) is 18.3 Å². The van der Waals surface area contributed by atoms with Crippen LogP contribution in [0.4, 0.5) is 14.5 Å². The fraction of sp³-hybridized carbons (Fsp3) is 0.407. The molecule has 12 heteroatoms. The van der Waals surface area contributed by atoms with Gasteiger partial charge in [-0.2, -0.15) is 10.2 Å². The Morgan fingerprint density at radius 3 is 2.79 bits per heavy atom. The van der Waals surface area contributed by atoms with Crippen LogP contribution in [0.2, 0.25) is 5.02 Å². The molecule has 206 valence electrons. The number of hydrogen-bond donors (Lipinski definition) is 2. The van der Waals surface area contributed by atoms with Gasteiger partial charge in [0.1, 0.15) is 11.3 Å². The Morgan fingerprint density at radius 1 is 1.18 bits per heavy atom. The summed E-state index contributed by atoms with van der Waals surface area (Å²) in [6.45, 7) is 2.62. The fourth-order valence-corrected chi connectivity index (χ4v) is 5.12. The van der Waals surface area contributed by atoms with Gasteiger partial charge in [0.2, 0.25) is 6.43 Å². The van der Waals surface area contributed by atoms with Crippen LogP contribution in [-0.4, -0.2) is 72.5 Å². The molecule has 3 aromatic heterocycles. The summed E-state index contributed by atoms with van der Waals surface area (Å²) in [4.78, 5) is 19.8. The molecule has 0 saturated carbocycles. The van der Waals surface area contributed by atoms with Crippen molar-refractivity contribution in [3.63, 3.8) is 0 Å². The molecule has 1 fully saturated rings. The Labute approximate surface area is 229 Å². The molecule has 1 unspecified atom stereocenters. The fourth-order valence-electron chi connectivity index (χ4n) is 4.95. The van der Waals surface area contributed by atoms with Crippen molar-refractivity contribution in [1.29, 1.82) is 0 Å². The highest BCUT2D eigenvalue weighted by molar-refractivity contribution is 6.31. The summed E-state index contributed by atoms with van der Waals surface area (Å²) in [6.07, 6.45) is 6.41. The Kier molecular flexibility index (Phi) is 8.49. The molecule has 5 rings (SSSR count). The minimum atomic E-state index is -2.46. The second-order valence-corrected chi connectivity index (χ2v) is 10.2. The number of alkyl halides is 2. The highest BCUT2D eigenvalue weighted by Crippen LogP contribution is 2.33. The van der Waals surface area contributed by atoms with E-state index in [1.807, 2.05) is 0 Å². The van der Waals surface area contributed by atoms with E-state index in [4.69, 9.17) is 11.6 Å². The number of β-amino-alcohol motifs (C(OH)–C–C–N with tert-alkyl or cyclic N) is 1. The monoisotopic (exact) mass is 557 g/mol. The first-order valence-electron chi connectivity index (χ1n) is 13.0. The third kappa shape index (κ3) is 6.60. The van der Waals surface area contributed by atoms with E-state index in [-0.39, 0.29) is 24.9 Å². The van der Waals surface area contributed by atoms with Crippen molar-refractivity contribution < 1.29 is 18.7 Å². The SMILES string of the molecule is O=C(Nc1cn(CC(O)CN2CCCCC2)nc1-c1cc(Cl)ccc1CCC(F)F)c1cnn2cccnc12. The normalized spacial score (nSPS) is 15.2. The number of aliphatic hydroxyl groups excluding tert-OH is 1. The summed E-state index contributed by atoms with van der Waals surface area (Å²) < 4.78 is 29.2. The van der Waals surface area contributed by atoms with E-state index in [9.17, 15) is 18.7 Å². The van der Waals surface area contributed by atoms with Gasteiger partial charge in [-0.1, -0.05) is 24.1 Å². The quantitative estimate of drug-likeness (QED) is 0.297. The van der Waals surface area contributed by atoms with Gasteiger partial charge in [-0.3, -0.25) is 9.48 Å². The summed E-state index contributed by atoms with van der Waals surface area (Å²) in [6, 6.07) is 6.71. The highest BCUT2D eigenvalue weighted by Gasteiger charge is 2.22. The topological polar surface area (TPSA) is 101 Å². The molecule has 4 aromatic rings. The molecule has 4 heterocycles. The zero-order chi connectivity index (χ0) is 27.4. The van der Waals surface area contributed by atoms with Gasteiger partial charge >= 0.3 is 0 Å². The molecule has 1 atom stereocenters. The molecular weight excluding hydrogens is 528 g/mol. The van der Waals surface area contributed by atoms with Gasteiger partial charge in [0.25, 0.3) is 5.91 Å². The van der Waals surface area contributed by atoms with E-state index in [0.717, 1.165) is 25.9 Å². The Bertz CT molecular complexity index is 1430. The molecule has 1 amide bonds. The highest BCUT2D eigenvalue weighted by atomic mass is 35.5. The van der Waals surface area contributed by atoms with Crippen LogP contribution in [-0.2, 0) is 13.0 Å². The number of rotatable bonds is 10. The molecule has 2 N–H and O–H groups in total. The van der Waals surface area contributed by atoms with Crippen molar-refractivity contribution in [2.75, 3.05) is 25.0 Å². The number of carbonyl (C=O) groups excluding carboxylic acids is 1. The van der Waals surface area contributed by atoms with Crippen molar-refractivity contribution >= 4 is 28.8 Å². The number of hydrogen-bond acceptors (Lipinski definition) is 6. The molecule has 1 saturated heterocycles. The number of nitrogens with one attached hydrogen (secondary N) is 1. The number of likely N-dealkylation sites (tertiary alicyclic amines) is 1. The number of halogens is 3. The van der Waals surface area contributed by atoms with E-state index in [1.54, 1.807) is 47.5 Å². The predicted octanol–water partition coefficient (Wildman–Crippen LogP) is 4.54. The third-order valence-electron chi connectivity index (χ3n) is 6.81. The second kappa shape index (κ2) is 12.2. The molecular formula is C27H30ClF2N7O2. The smallest absolute Gasteiger partial charge is 0.261 e. The first-order chi connectivity index (χ1) is 18.9. The van der Waals surface area contributed by atoms with Crippen LogP contribution < -0.4 is 5.32 Å². The molecule has 1 aliphatic heterocycles. The third-order valence-corrected chi connectivity index (χ3v) is 7.04. The maximum Gasteiger partial charge on any atom is 0.261 e. The van der Waals surface area contributed by atoms with Crippen LogP contribution in [0.15, 0.2) is 49.1 Å². The van der Waals surface area contributed by atoms with E-state index < -0.39 is 18.4 Å². The average Bonchev–Trinajstić information content (AvgIpc) is 3.52. The number of benzene rings is 1. The van der Waals surface area contributed by atoms with Gasteiger partial charge in [0.15, 0.2) is 5.65 Å². The molecule has 0 aliphatic carbocycles. The minimum absolute atomic E-state index is 0.111. The van der Waals surface area contributed by atoms with Crippen molar-refractivity contribution in [3.8, 4) is 11.3 Å². The molecule has 1 aliphatic rings. The van der Waals surface area contributed by atoms with Crippen molar-refractivity contribution in [2.24, 2.45) is 0 Å². The number of aromatic nitrogens is 5. The molecule has 1 aromatic carbocycles. The zero-order valence-corrected chi connectivity index (χ0v) is 22.1. The van der Waals surface area contributed by atoms with E-state index in [2.05, 4.69) is 25.4 Å². The van der Waals surface area contributed by atoms with E-state index in [1.165, 1.54) is 17.1 Å². The molecule has 0 radical (unpaired) electrons. The van der Waals surface area contributed by atoms with E-state index in [0.29, 0.717) is 39.7 Å². The van der Waals surface area contributed by atoms with Gasteiger partial charge in [0, 0.05) is 42.1 Å². The molecule has 0 bridgehead atoms. The largest absolute Gasteiger partial charge is 0.390 e. The predicted molar refractivity (Wildman–Crippen MR) is 144 cm³/mol. The van der Waals surface area contributed by atoms with Crippen LogP contribution in [0.5, 0.6) is 0 Å². The zero-order valence-electron chi connectivity index (χ0n) is 21.3. The maximum absolute atomic E-state index is 13.3. The summed E-state index contributed by atoms with van der Waals surface area (Å²) in [5, 5.41) is 23.0. The Morgan fingerprint density at radius 2 is 2.00 bits per heavy atom. The lowest BCUT2D eigenvalue weighted by Gasteiger charge is -2.28. The van der Waals surface area contributed by atoms with Crippen LogP contribution >= 0.6 is 11.6 Å². The molecule has 39 heavy (non-hydrogen) atoms. The second-order valence-electron chi connectivity index (χ2n) is 9.76. The number of nitrogens with zero attached hydrogens (tertiary/aromatic N) is 6. The number of anilines is 1. The summed E-state index contributed by atoms with van der Waals surface area (Å²) >= 11 is 6.30. The lowest BCUT2D eigenvalue weighted by molar-refractivity contribution is 0.0857. The average molecular weight is 558 g/mol. The van der Waals surface area contributed by atoms with Gasteiger partial charge < -0.3 is 15.3 Å². The molecule has 0 spiro atoms. The number of carbonyl (C=O) groups is 1. The summed E-state index contributed by atoms with van der Waals surface area (Å²) in [5.41, 5.74) is 2.57. The van der Waals surface area contributed by atoms with Crippen molar-refractivity contribution in [3.05, 3.63) is 65.2 Å². The standard InChI is InChI=1S/C27H30ClF2N7O2/c28-19-7-5-18(6-8-24(29)30)21(13-19)25-23(33-27(39)22-14-32-37-12-4-9-31-26(22)37)17-36(34-25)16-20(38)15-35-10-2-1-3-11-35/h4-5,7,9,12-14,17,20,24,38H,1-3,6,8,10-11,15-16H2,(H,33,39). The maximum atomic E-state index is 13.3. The van der Waals surface area contributed by atoms with E-state index >= 15 is 0 Å². The summed E-state index contributed by atoms with van der Waals surface area (Å²) in [5.74, 6) is -0.450. The Hall–Kier alpha value is -3.41. The lowest BCUT2D eigenvalue weighted by Crippen LogP contribution is -2.38. The van der Waals surface area contributed by atoms with Crippen LogP contribution in [0.3, 0.4) is 0 Å². The summed E-state index contributed by atoms with van der Waals surface area (Å²) in [7, 11) is 0. The Balaban J connectivity index is 1.46. The van der Waals surface area contributed by atoms with Gasteiger partial charge in [0.05, 0.1) is 24.5 Å². The number of aliphatic hydroxyl groups is 1. The van der Waals surface area contributed by atoms with Gasteiger partial charge in [-0.15, -0.1) is 0 Å². The van der Waals surface area contributed by atoms with Crippen molar-refractivity contribution in [1.82, 2.24) is 29.3 Å². The first-order valence-corrected chi connectivity index (χ1v) is 13.4. The van der Waals surface area contributed by atoms with Crippen LogP contribution in [0, 0.1) is 0 Å². The first kappa shape index (κ1) is 27.2. The number of fused-ring (bicyclic) bond motifs is 1. The van der Waals surface area contributed by atoms with Gasteiger partial charge in [-0.05, 0) is 56.1 Å². The number of amides is 1. The minimum Gasteiger partial charge on any atom is -0.390 e.